The Morgan fingerprint density at radius 1 is 1.27 bits per heavy atom. The lowest BCUT2D eigenvalue weighted by atomic mass is 10.2. The molecule has 0 saturated carbocycles. The molecule has 1 aromatic carbocycles. The van der Waals surface area contributed by atoms with E-state index >= 15 is 0 Å². The Balaban J connectivity index is 2.78. The molecule has 0 nitrogen and oxygen atoms in total. The van der Waals surface area contributed by atoms with Gasteiger partial charge in [-0.2, -0.15) is 0 Å². The van der Waals surface area contributed by atoms with Crippen molar-refractivity contribution in [3.05, 3.63) is 29.8 Å². The number of thiol groups is 1. The molecule has 0 amide bonds. The summed E-state index contributed by atoms with van der Waals surface area (Å²) in [5.41, 5.74) is 1.38. The van der Waals surface area contributed by atoms with Crippen LogP contribution in [-0.4, -0.2) is 13.3 Å². The molecule has 0 aliphatic rings. The van der Waals surface area contributed by atoms with Crippen LogP contribution in [0.5, 0.6) is 0 Å². The molecule has 0 fully saturated rings. The van der Waals surface area contributed by atoms with Gasteiger partial charge in [-0.25, -0.2) is 0 Å². The molecular weight excluding hydrogens is 171 g/mol. The van der Waals surface area contributed by atoms with Gasteiger partial charge in [0.1, 0.15) is 0 Å². The highest BCUT2D eigenvalue weighted by atomic mass is 32.1. The van der Waals surface area contributed by atoms with Crippen LogP contribution in [0.25, 0.3) is 0 Å². The first kappa shape index (κ1) is 9.09. The predicted octanol–water partition coefficient (Wildman–Crippen LogP) is 3.22. The fourth-order valence-electron chi connectivity index (χ4n) is 0.985. The van der Waals surface area contributed by atoms with Crippen LogP contribution in [0.1, 0.15) is 5.56 Å². The molecule has 0 radical (unpaired) electrons. The first-order chi connectivity index (χ1) is 5.20. The molecule has 1 aromatic rings. The van der Waals surface area contributed by atoms with Crippen molar-refractivity contribution < 1.29 is 0 Å². The Labute approximate surface area is 75.2 Å². The summed E-state index contributed by atoms with van der Waals surface area (Å²) in [4.78, 5) is 1.13. The Kier molecular flexibility index (Phi) is 3.42. The molecule has 11 heavy (non-hydrogen) atoms. The minimum atomic E-state index is 0.158. The van der Waals surface area contributed by atoms with Crippen LogP contribution in [-0.2, 0) is 6.16 Å². The molecule has 0 N–H and O–H groups in total. The van der Waals surface area contributed by atoms with Crippen LogP contribution >= 0.6 is 20.6 Å². The third-order valence-electron chi connectivity index (χ3n) is 1.48. The van der Waals surface area contributed by atoms with Crippen molar-refractivity contribution in [2.45, 2.75) is 11.1 Å². The Hall–Kier alpha value is -0.0000000000000000555. The molecular formula is C9H13PS. The lowest BCUT2D eigenvalue weighted by molar-refractivity contribution is 1.27. The average molecular weight is 184 g/mol. The fourth-order valence-corrected chi connectivity index (χ4v) is 2.31. The summed E-state index contributed by atoms with van der Waals surface area (Å²) >= 11 is 4.38. The molecule has 0 bridgehead atoms. The van der Waals surface area contributed by atoms with E-state index in [1.807, 2.05) is 6.07 Å². The third-order valence-corrected chi connectivity index (χ3v) is 2.89. The summed E-state index contributed by atoms with van der Waals surface area (Å²) in [7, 11) is 0.158. The van der Waals surface area contributed by atoms with Crippen molar-refractivity contribution in [1.29, 1.82) is 0 Å². The van der Waals surface area contributed by atoms with Gasteiger partial charge in [-0.3, -0.25) is 0 Å². The van der Waals surface area contributed by atoms with Crippen LogP contribution < -0.4 is 0 Å². The molecule has 0 aliphatic heterocycles. The molecule has 0 aromatic heterocycles. The van der Waals surface area contributed by atoms with Crippen molar-refractivity contribution >= 4 is 20.6 Å². The van der Waals surface area contributed by atoms with E-state index in [9.17, 15) is 0 Å². The van der Waals surface area contributed by atoms with E-state index in [0.717, 1.165) is 4.90 Å². The summed E-state index contributed by atoms with van der Waals surface area (Å²) < 4.78 is 0. The maximum Gasteiger partial charge on any atom is 0.00756 e. The molecule has 0 saturated heterocycles. The van der Waals surface area contributed by atoms with Gasteiger partial charge in [0.05, 0.1) is 0 Å². The predicted molar refractivity (Wildman–Crippen MR) is 56.2 cm³/mol. The third kappa shape index (κ3) is 2.84. The van der Waals surface area contributed by atoms with E-state index in [4.69, 9.17) is 0 Å². The van der Waals surface area contributed by atoms with Crippen molar-refractivity contribution in [3.8, 4) is 0 Å². The Bertz CT molecular complexity index is 233. The smallest absolute Gasteiger partial charge is 0.00756 e. The van der Waals surface area contributed by atoms with Crippen molar-refractivity contribution in [2.24, 2.45) is 0 Å². The lowest BCUT2D eigenvalue weighted by Crippen LogP contribution is -1.83. The molecule has 0 aliphatic carbocycles. The van der Waals surface area contributed by atoms with E-state index in [0.29, 0.717) is 0 Å². The molecule has 0 spiro atoms. The quantitative estimate of drug-likeness (QED) is 0.529. The zero-order valence-electron chi connectivity index (χ0n) is 6.91. The van der Waals surface area contributed by atoms with Crippen molar-refractivity contribution in [1.82, 2.24) is 0 Å². The molecule has 1 rings (SSSR count). The minimum absolute atomic E-state index is 0.158. The Morgan fingerprint density at radius 3 is 2.45 bits per heavy atom. The fraction of sp³-hybridized carbons (Fsp3) is 0.333. The average Bonchev–Trinajstić information content (AvgIpc) is 1.93. The highest BCUT2D eigenvalue weighted by Gasteiger charge is 1.99. The maximum absolute atomic E-state index is 4.38. The standard InChI is InChI=1S/C9H13PS/c1-10(2)7-8-5-3-4-6-9(8)11/h3-6,11H,7H2,1-2H3. The van der Waals surface area contributed by atoms with Gasteiger partial charge in [0, 0.05) is 4.90 Å². The highest BCUT2D eigenvalue weighted by Crippen LogP contribution is 2.32. The van der Waals surface area contributed by atoms with Gasteiger partial charge < -0.3 is 0 Å². The Morgan fingerprint density at radius 2 is 1.91 bits per heavy atom. The van der Waals surface area contributed by atoms with Crippen molar-refractivity contribution in [2.75, 3.05) is 13.3 Å². The molecule has 2 heteroatoms. The van der Waals surface area contributed by atoms with Gasteiger partial charge in [-0.15, -0.1) is 20.6 Å². The van der Waals surface area contributed by atoms with E-state index in [2.05, 4.69) is 44.2 Å². The summed E-state index contributed by atoms with van der Waals surface area (Å²) in [6.45, 7) is 4.57. The topological polar surface area (TPSA) is 0 Å². The van der Waals surface area contributed by atoms with E-state index in [-0.39, 0.29) is 7.92 Å². The molecule has 0 unspecified atom stereocenters. The van der Waals surface area contributed by atoms with Gasteiger partial charge in [0.15, 0.2) is 0 Å². The van der Waals surface area contributed by atoms with E-state index in [1.54, 1.807) is 0 Å². The lowest BCUT2D eigenvalue weighted by Gasteiger charge is -2.07. The van der Waals surface area contributed by atoms with Crippen LogP contribution in [0.2, 0.25) is 0 Å². The maximum atomic E-state index is 4.38. The van der Waals surface area contributed by atoms with E-state index in [1.165, 1.54) is 11.7 Å². The second kappa shape index (κ2) is 4.13. The largest absolute Gasteiger partial charge is 0.143 e. The normalized spacial score (nSPS) is 10.5. The van der Waals surface area contributed by atoms with Crippen LogP contribution in [0, 0.1) is 0 Å². The summed E-state index contributed by atoms with van der Waals surface area (Å²) in [6.07, 6.45) is 1.19. The highest BCUT2D eigenvalue weighted by molar-refractivity contribution is 7.80. The van der Waals surface area contributed by atoms with Crippen molar-refractivity contribution in [3.63, 3.8) is 0 Å². The van der Waals surface area contributed by atoms with Crippen LogP contribution in [0.15, 0.2) is 29.2 Å². The first-order valence-electron chi connectivity index (χ1n) is 3.62. The zero-order valence-corrected chi connectivity index (χ0v) is 8.70. The molecule has 0 atom stereocenters. The second-order valence-electron chi connectivity index (χ2n) is 2.87. The zero-order chi connectivity index (χ0) is 8.27. The molecule has 0 heterocycles. The summed E-state index contributed by atoms with van der Waals surface area (Å²) in [6, 6.07) is 8.31. The van der Waals surface area contributed by atoms with Gasteiger partial charge in [-0.1, -0.05) is 18.2 Å². The number of hydrogen-bond acceptors (Lipinski definition) is 1. The number of hydrogen-bond donors (Lipinski definition) is 1. The second-order valence-corrected chi connectivity index (χ2v) is 5.82. The summed E-state index contributed by atoms with van der Waals surface area (Å²) in [5.74, 6) is 0. The SMILES string of the molecule is CP(C)Cc1ccccc1S. The van der Waals surface area contributed by atoms with Crippen LogP contribution in [0.3, 0.4) is 0 Å². The summed E-state index contributed by atoms with van der Waals surface area (Å²) in [5, 5.41) is 0. The number of benzene rings is 1. The van der Waals surface area contributed by atoms with Gasteiger partial charge in [0.2, 0.25) is 0 Å². The number of rotatable bonds is 2. The molecule has 60 valence electrons. The van der Waals surface area contributed by atoms with Gasteiger partial charge in [0.25, 0.3) is 0 Å². The first-order valence-corrected chi connectivity index (χ1v) is 6.48. The van der Waals surface area contributed by atoms with Gasteiger partial charge in [-0.05, 0) is 31.1 Å². The van der Waals surface area contributed by atoms with E-state index < -0.39 is 0 Å². The minimum Gasteiger partial charge on any atom is -0.143 e. The van der Waals surface area contributed by atoms with Gasteiger partial charge >= 0.3 is 0 Å². The van der Waals surface area contributed by atoms with Crippen LogP contribution in [0.4, 0.5) is 0 Å². The monoisotopic (exact) mass is 184 g/mol.